The summed E-state index contributed by atoms with van der Waals surface area (Å²) in [6, 6.07) is 5.76. The number of nitrogen functional groups attached to an aromatic ring is 1. The number of nitrogens with one attached hydrogen (secondary N) is 2. The highest BCUT2D eigenvalue weighted by atomic mass is 16.5. The fourth-order valence-corrected chi connectivity index (χ4v) is 1.77. The van der Waals surface area contributed by atoms with Gasteiger partial charge in [0, 0.05) is 12.4 Å². The molecule has 0 radical (unpaired) electrons. The number of imidazole rings is 1. The van der Waals surface area contributed by atoms with Crippen LogP contribution in [0.2, 0.25) is 0 Å². The van der Waals surface area contributed by atoms with Gasteiger partial charge in [-0.15, -0.1) is 0 Å². The third-order valence-corrected chi connectivity index (χ3v) is 2.67. The van der Waals surface area contributed by atoms with Crippen LogP contribution < -0.4 is 15.8 Å². The summed E-state index contributed by atoms with van der Waals surface area (Å²) >= 11 is 0. The number of H-pyrrole nitrogens is 1. The summed E-state index contributed by atoms with van der Waals surface area (Å²) in [7, 11) is 0. The van der Waals surface area contributed by atoms with Crippen molar-refractivity contribution in [3.05, 3.63) is 36.4 Å². The Kier molecular flexibility index (Phi) is 3.72. The van der Waals surface area contributed by atoms with Crippen LogP contribution in [0.3, 0.4) is 0 Å². The molecule has 0 aliphatic carbocycles. The predicted octanol–water partition coefficient (Wildman–Crippen LogP) is 2.56. The van der Waals surface area contributed by atoms with Gasteiger partial charge < -0.3 is 20.8 Å². The van der Waals surface area contributed by atoms with Crippen molar-refractivity contribution in [2.45, 2.75) is 19.9 Å². The number of benzene rings is 1. The van der Waals surface area contributed by atoms with E-state index in [0.717, 1.165) is 11.5 Å². The van der Waals surface area contributed by atoms with Gasteiger partial charge in [-0.1, -0.05) is 6.07 Å². The maximum Gasteiger partial charge on any atom is 0.144 e. The quantitative estimate of drug-likeness (QED) is 0.709. The molecule has 5 heteroatoms. The van der Waals surface area contributed by atoms with Gasteiger partial charge in [-0.05, 0) is 26.0 Å². The van der Waals surface area contributed by atoms with E-state index in [1.54, 1.807) is 12.4 Å². The Balaban J connectivity index is 2.16. The third kappa shape index (κ3) is 2.56. The Labute approximate surface area is 106 Å². The van der Waals surface area contributed by atoms with Crippen LogP contribution in [0.1, 0.15) is 25.7 Å². The summed E-state index contributed by atoms with van der Waals surface area (Å²) in [5, 5.41) is 3.31. The van der Waals surface area contributed by atoms with Gasteiger partial charge >= 0.3 is 0 Å². The van der Waals surface area contributed by atoms with Crippen molar-refractivity contribution >= 4 is 11.4 Å². The Bertz CT molecular complexity index is 496. The summed E-state index contributed by atoms with van der Waals surface area (Å²) < 4.78 is 5.46. The molecule has 1 heterocycles. The van der Waals surface area contributed by atoms with Crippen LogP contribution in [-0.4, -0.2) is 16.6 Å². The molecule has 1 unspecified atom stereocenters. The number of hydrogen-bond acceptors (Lipinski definition) is 4. The van der Waals surface area contributed by atoms with E-state index in [0.29, 0.717) is 18.0 Å². The molecule has 0 saturated heterocycles. The Morgan fingerprint density at radius 2 is 2.33 bits per heavy atom. The van der Waals surface area contributed by atoms with Gasteiger partial charge in [-0.3, -0.25) is 0 Å². The third-order valence-electron chi connectivity index (χ3n) is 2.67. The SMILES string of the molecule is CCOc1cccc(NC(C)c2ncc[nH]2)c1N. The molecular weight excluding hydrogens is 228 g/mol. The molecule has 0 aliphatic heterocycles. The normalized spacial score (nSPS) is 12.1. The van der Waals surface area contributed by atoms with Gasteiger partial charge in [0.1, 0.15) is 11.6 Å². The van der Waals surface area contributed by atoms with E-state index in [-0.39, 0.29) is 6.04 Å². The number of aromatic amines is 1. The van der Waals surface area contributed by atoms with E-state index >= 15 is 0 Å². The molecule has 2 rings (SSSR count). The summed E-state index contributed by atoms with van der Waals surface area (Å²) in [6.07, 6.45) is 3.53. The smallest absolute Gasteiger partial charge is 0.144 e. The highest BCUT2D eigenvalue weighted by molar-refractivity contribution is 5.73. The summed E-state index contributed by atoms with van der Waals surface area (Å²) in [6.45, 7) is 4.55. The highest BCUT2D eigenvalue weighted by Crippen LogP contribution is 2.31. The number of ether oxygens (including phenoxy) is 1. The van der Waals surface area contributed by atoms with Gasteiger partial charge in [0.2, 0.25) is 0 Å². The molecule has 1 aromatic heterocycles. The Morgan fingerprint density at radius 3 is 3.00 bits per heavy atom. The van der Waals surface area contributed by atoms with Crippen LogP contribution in [0.25, 0.3) is 0 Å². The first-order valence-electron chi connectivity index (χ1n) is 5.99. The number of anilines is 2. The maximum atomic E-state index is 6.05. The largest absolute Gasteiger partial charge is 0.492 e. The molecule has 2 aromatic rings. The molecule has 1 aromatic carbocycles. The Hall–Kier alpha value is -2.17. The molecule has 0 amide bonds. The van der Waals surface area contributed by atoms with Crippen LogP contribution in [0.4, 0.5) is 11.4 Å². The maximum absolute atomic E-state index is 6.05. The molecule has 0 spiro atoms. The second-order valence-electron chi connectivity index (χ2n) is 3.99. The standard InChI is InChI=1S/C13H18N4O/c1-3-18-11-6-4-5-10(12(11)14)17-9(2)13-15-7-8-16-13/h4-9,17H,3,14H2,1-2H3,(H,15,16). The lowest BCUT2D eigenvalue weighted by Crippen LogP contribution is -2.10. The molecule has 0 bridgehead atoms. The fraction of sp³-hybridized carbons (Fsp3) is 0.308. The molecular formula is C13H18N4O. The zero-order chi connectivity index (χ0) is 13.0. The lowest BCUT2D eigenvalue weighted by Gasteiger charge is -2.16. The first kappa shape index (κ1) is 12.3. The molecule has 4 N–H and O–H groups in total. The highest BCUT2D eigenvalue weighted by Gasteiger charge is 2.11. The van der Waals surface area contributed by atoms with Crippen molar-refractivity contribution in [3.8, 4) is 5.75 Å². The van der Waals surface area contributed by atoms with Gasteiger partial charge in [0.15, 0.2) is 0 Å². The summed E-state index contributed by atoms with van der Waals surface area (Å²) in [5.41, 5.74) is 7.53. The minimum atomic E-state index is 0.0548. The monoisotopic (exact) mass is 246 g/mol. The van der Waals surface area contributed by atoms with Gasteiger partial charge in [0.05, 0.1) is 24.0 Å². The van der Waals surface area contributed by atoms with Crippen molar-refractivity contribution in [2.75, 3.05) is 17.7 Å². The van der Waals surface area contributed by atoms with Crippen molar-refractivity contribution in [2.24, 2.45) is 0 Å². The minimum Gasteiger partial charge on any atom is -0.492 e. The first-order chi connectivity index (χ1) is 8.72. The molecule has 1 atom stereocenters. The van der Waals surface area contributed by atoms with Crippen LogP contribution in [0, 0.1) is 0 Å². The summed E-state index contributed by atoms with van der Waals surface area (Å²) in [5.74, 6) is 1.57. The van der Waals surface area contributed by atoms with Crippen molar-refractivity contribution in [1.82, 2.24) is 9.97 Å². The molecule has 5 nitrogen and oxygen atoms in total. The van der Waals surface area contributed by atoms with Crippen LogP contribution >= 0.6 is 0 Å². The number of rotatable bonds is 5. The second kappa shape index (κ2) is 5.44. The Morgan fingerprint density at radius 1 is 1.50 bits per heavy atom. The van der Waals surface area contributed by atoms with Gasteiger partial charge in [-0.2, -0.15) is 0 Å². The van der Waals surface area contributed by atoms with E-state index in [4.69, 9.17) is 10.5 Å². The average molecular weight is 246 g/mol. The lowest BCUT2D eigenvalue weighted by atomic mass is 10.2. The van der Waals surface area contributed by atoms with Gasteiger partial charge in [0.25, 0.3) is 0 Å². The fourth-order valence-electron chi connectivity index (χ4n) is 1.77. The van der Waals surface area contributed by atoms with E-state index < -0.39 is 0 Å². The topological polar surface area (TPSA) is 76.0 Å². The van der Waals surface area contributed by atoms with Crippen molar-refractivity contribution < 1.29 is 4.74 Å². The van der Waals surface area contributed by atoms with Crippen LogP contribution in [0.5, 0.6) is 5.75 Å². The van der Waals surface area contributed by atoms with Gasteiger partial charge in [-0.25, -0.2) is 4.98 Å². The van der Waals surface area contributed by atoms with E-state index in [9.17, 15) is 0 Å². The molecule has 18 heavy (non-hydrogen) atoms. The van der Waals surface area contributed by atoms with Crippen molar-refractivity contribution in [3.63, 3.8) is 0 Å². The number of nitrogens with zero attached hydrogens (tertiary/aromatic N) is 1. The molecule has 0 saturated carbocycles. The number of nitrogens with two attached hydrogens (primary N) is 1. The predicted molar refractivity (Wildman–Crippen MR) is 72.6 cm³/mol. The van der Waals surface area contributed by atoms with E-state index in [2.05, 4.69) is 15.3 Å². The van der Waals surface area contributed by atoms with E-state index in [1.807, 2.05) is 32.0 Å². The number of aromatic nitrogens is 2. The van der Waals surface area contributed by atoms with Crippen molar-refractivity contribution in [1.29, 1.82) is 0 Å². The number of para-hydroxylation sites is 1. The minimum absolute atomic E-state index is 0.0548. The van der Waals surface area contributed by atoms with Crippen LogP contribution in [0.15, 0.2) is 30.6 Å². The number of hydrogen-bond donors (Lipinski definition) is 3. The second-order valence-corrected chi connectivity index (χ2v) is 3.99. The lowest BCUT2D eigenvalue weighted by molar-refractivity contribution is 0.342. The average Bonchev–Trinajstić information content (AvgIpc) is 2.88. The molecule has 0 aliphatic rings. The van der Waals surface area contributed by atoms with Crippen LogP contribution in [-0.2, 0) is 0 Å². The molecule has 96 valence electrons. The first-order valence-corrected chi connectivity index (χ1v) is 5.99. The zero-order valence-electron chi connectivity index (χ0n) is 10.6. The summed E-state index contributed by atoms with van der Waals surface area (Å²) in [4.78, 5) is 7.28. The van der Waals surface area contributed by atoms with E-state index in [1.165, 1.54) is 0 Å². The molecule has 0 fully saturated rings. The zero-order valence-corrected chi connectivity index (χ0v) is 10.6.